The van der Waals surface area contributed by atoms with Crippen LogP contribution in [0.5, 0.6) is 11.5 Å². The Hall–Kier alpha value is -3.06. The molecule has 0 radical (unpaired) electrons. The van der Waals surface area contributed by atoms with Gasteiger partial charge >= 0.3 is 5.63 Å². The van der Waals surface area contributed by atoms with Crippen LogP contribution in [0.1, 0.15) is 5.56 Å². The highest BCUT2D eigenvalue weighted by molar-refractivity contribution is 7.22. The van der Waals surface area contributed by atoms with Gasteiger partial charge in [-0.05, 0) is 24.3 Å². The predicted molar refractivity (Wildman–Crippen MR) is 92.8 cm³/mol. The van der Waals surface area contributed by atoms with E-state index in [0.29, 0.717) is 26.5 Å². The number of benzene rings is 2. The van der Waals surface area contributed by atoms with Crippen molar-refractivity contribution < 1.29 is 14.6 Å². The standard InChI is InChI=1S/C17H12N2O4S/c20-11-5-6-12(21)15-14(11)19-17(24-15)18-8-10-7-9-3-1-2-4-13(9)23-16(10)22/h1-7,20-21H,8H2,(H,18,19). The van der Waals surface area contributed by atoms with E-state index in [9.17, 15) is 15.0 Å². The van der Waals surface area contributed by atoms with Gasteiger partial charge in [-0.2, -0.15) is 0 Å². The minimum absolute atomic E-state index is 0.00248. The molecule has 2 heterocycles. The van der Waals surface area contributed by atoms with Crippen molar-refractivity contribution in [2.24, 2.45) is 0 Å². The van der Waals surface area contributed by atoms with Gasteiger partial charge in [0.25, 0.3) is 0 Å². The molecule has 2 aromatic carbocycles. The van der Waals surface area contributed by atoms with E-state index in [1.54, 1.807) is 12.1 Å². The lowest BCUT2D eigenvalue weighted by molar-refractivity contribution is 0.469. The minimum Gasteiger partial charge on any atom is -0.506 e. The van der Waals surface area contributed by atoms with Gasteiger partial charge in [-0.3, -0.25) is 0 Å². The van der Waals surface area contributed by atoms with Gasteiger partial charge in [0.15, 0.2) is 5.13 Å². The summed E-state index contributed by atoms with van der Waals surface area (Å²) in [5.41, 5.74) is 0.934. The van der Waals surface area contributed by atoms with Crippen LogP contribution < -0.4 is 10.9 Å². The summed E-state index contributed by atoms with van der Waals surface area (Å²) in [6.45, 7) is 0.231. The summed E-state index contributed by atoms with van der Waals surface area (Å²) in [6.07, 6.45) is 0. The molecule has 0 unspecified atom stereocenters. The van der Waals surface area contributed by atoms with Gasteiger partial charge in [-0.1, -0.05) is 29.5 Å². The second-order valence-corrected chi connectivity index (χ2v) is 6.25. The number of hydrogen-bond donors (Lipinski definition) is 3. The summed E-state index contributed by atoms with van der Waals surface area (Å²) in [5, 5.41) is 24.0. The fourth-order valence-electron chi connectivity index (χ4n) is 2.45. The van der Waals surface area contributed by atoms with Crippen LogP contribution in [0.4, 0.5) is 5.13 Å². The Morgan fingerprint density at radius 1 is 1.12 bits per heavy atom. The van der Waals surface area contributed by atoms with Crippen LogP contribution in [-0.4, -0.2) is 15.2 Å². The molecule has 0 atom stereocenters. The number of nitrogens with zero attached hydrogens (tertiary/aromatic N) is 1. The van der Waals surface area contributed by atoms with E-state index in [1.165, 1.54) is 23.5 Å². The molecule has 0 amide bonds. The molecule has 0 aliphatic carbocycles. The first-order valence-corrected chi connectivity index (χ1v) is 8.00. The summed E-state index contributed by atoms with van der Waals surface area (Å²) in [7, 11) is 0. The fraction of sp³-hybridized carbons (Fsp3) is 0.0588. The third-order valence-electron chi connectivity index (χ3n) is 3.65. The molecule has 0 fully saturated rings. The molecular formula is C17H12N2O4S. The third-order valence-corrected chi connectivity index (χ3v) is 4.68. The van der Waals surface area contributed by atoms with E-state index in [1.807, 2.05) is 18.2 Å². The number of thiazole rings is 1. The molecule has 4 rings (SSSR count). The molecule has 24 heavy (non-hydrogen) atoms. The maximum Gasteiger partial charge on any atom is 0.341 e. The van der Waals surface area contributed by atoms with Crippen molar-refractivity contribution in [2.45, 2.75) is 6.54 Å². The number of rotatable bonds is 3. The number of phenolic OH excluding ortho intramolecular Hbond substituents is 2. The van der Waals surface area contributed by atoms with Crippen molar-refractivity contribution >= 4 is 37.7 Å². The lowest BCUT2D eigenvalue weighted by atomic mass is 10.2. The van der Waals surface area contributed by atoms with Crippen molar-refractivity contribution in [3.63, 3.8) is 0 Å². The van der Waals surface area contributed by atoms with Gasteiger partial charge in [-0.25, -0.2) is 9.78 Å². The molecule has 0 saturated heterocycles. The van der Waals surface area contributed by atoms with Gasteiger partial charge in [-0.15, -0.1) is 0 Å². The van der Waals surface area contributed by atoms with E-state index in [-0.39, 0.29) is 18.0 Å². The van der Waals surface area contributed by atoms with E-state index in [0.717, 1.165) is 5.39 Å². The molecule has 4 aromatic rings. The molecule has 0 aliphatic heterocycles. The van der Waals surface area contributed by atoms with E-state index < -0.39 is 5.63 Å². The van der Waals surface area contributed by atoms with Gasteiger partial charge in [0.1, 0.15) is 27.3 Å². The second-order valence-electron chi connectivity index (χ2n) is 5.25. The van der Waals surface area contributed by atoms with Crippen molar-refractivity contribution in [3.8, 4) is 11.5 Å². The zero-order chi connectivity index (χ0) is 16.7. The molecule has 0 spiro atoms. The van der Waals surface area contributed by atoms with Gasteiger partial charge < -0.3 is 19.9 Å². The SMILES string of the molecule is O=c1oc2ccccc2cc1CNc1nc2c(O)ccc(O)c2s1. The smallest absolute Gasteiger partial charge is 0.341 e. The maximum absolute atomic E-state index is 12.0. The van der Waals surface area contributed by atoms with Crippen molar-refractivity contribution in [1.82, 2.24) is 4.98 Å². The van der Waals surface area contributed by atoms with Crippen LogP contribution >= 0.6 is 11.3 Å². The predicted octanol–water partition coefficient (Wildman–Crippen LogP) is 3.43. The first-order valence-electron chi connectivity index (χ1n) is 7.19. The Balaban J connectivity index is 1.65. The average Bonchev–Trinajstić information content (AvgIpc) is 3.02. The number of hydrogen-bond acceptors (Lipinski definition) is 7. The monoisotopic (exact) mass is 340 g/mol. The number of fused-ring (bicyclic) bond motifs is 2. The van der Waals surface area contributed by atoms with Crippen LogP contribution in [0.2, 0.25) is 0 Å². The quantitative estimate of drug-likeness (QED) is 0.391. The number of phenols is 2. The zero-order valence-electron chi connectivity index (χ0n) is 12.3. The van der Waals surface area contributed by atoms with Crippen LogP contribution in [-0.2, 0) is 6.54 Å². The summed E-state index contributed by atoms with van der Waals surface area (Å²) in [5.74, 6) is 0.0517. The second kappa shape index (κ2) is 5.54. The highest BCUT2D eigenvalue weighted by Crippen LogP contribution is 2.37. The van der Waals surface area contributed by atoms with Gasteiger partial charge in [0.05, 0.1) is 5.56 Å². The van der Waals surface area contributed by atoms with Crippen LogP contribution in [0.3, 0.4) is 0 Å². The summed E-state index contributed by atoms with van der Waals surface area (Å²) in [4.78, 5) is 16.3. The average molecular weight is 340 g/mol. The molecule has 0 aliphatic rings. The zero-order valence-corrected chi connectivity index (χ0v) is 13.1. The molecular weight excluding hydrogens is 328 g/mol. The van der Waals surface area contributed by atoms with E-state index in [4.69, 9.17) is 4.42 Å². The first-order chi connectivity index (χ1) is 11.6. The number of aromatic nitrogens is 1. The van der Waals surface area contributed by atoms with Crippen LogP contribution in [0.25, 0.3) is 21.2 Å². The molecule has 0 bridgehead atoms. The van der Waals surface area contributed by atoms with Crippen LogP contribution in [0.15, 0.2) is 51.7 Å². The maximum atomic E-state index is 12.0. The van der Waals surface area contributed by atoms with Crippen molar-refractivity contribution in [1.29, 1.82) is 0 Å². The third kappa shape index (κ3) is 2.44. The van der Waals surface area contributed by atoms with E-state index in [2.05, 4.69) is 10.3 Å². The highest BCUT2D eigenvalue weighted by Gasteiger charge is 2.12. The number of aromatic hydroxyl groups is 2. The number of anilines is 1. The first kappa shape index (κ1) is 14.5. The minimum atomic E-state index is -0.409. The molecule has 7 heteroatoms. The molecule has 3 N–H and O–H groups in total. The Bertz CT molecular complexity index is 1080. The Kier molecular flexibility index (Phi) is 3.35. The Morgan fingerprint density at radius 2 is 1.92 bits per heavy atom. The van der Waals surface area contributed by atoms with Crippen LogP contribution in [0, 0.1) is 0 Å². The van der Waals surface area contributed by atoms with Crippen molar-refractivity contribution in [3.05, 3.63) is 58.4 Å². The fourth-order valence-corrected chi connectivity index (χ4v) is 3.35. The molecule has 120 valence electrons. The highest BCUT2D eigenvalue weighted by atomic mass is 32.1. The topological polar surface area (TPSA) is 95.6 Å². The summed E-state index contributed by atoms with van der Waals surface area (Å²) >= 11 is 1.20. The van der Waals surface area contributed by atoms with Gasteiger partial charge in [0.2, 0.25) is 0 Å². The lowest BCUT2D eigenvalue weighted by Crippen LogP contribution is -2.11. The Morgan fingerprint density at radius 3 is 2.75 bits per heavy atom. The van der Waals surface area contributed by atoms with E-state index >= 15 is 0 Å². The normalized spacial score (nSPS) is 11.2. The van der Waals surface area contributed by atoms with Crippen molar-refractivity contribution in [2.75, 3.05) is 5.32 Å². The summed E-state index contributed by atoms with van der Waals surface area (Å²) < 4.78 is 5.77. The summed E-state index contributed by atoms with van der Waals surface area (Å²) in [6, 6.07) is 11.9. The lowest BCUT2D eigenvalue weighted by Gasteiger charge is -2.03. The number of nitrogens with one attached hydrogen (secondary N) is 1. The Labute approximate surface area is 139 Å². The molecule has 6 nitrogen and oxygen atoms in total. The van der Waals surface area contributed by atoms with Gasteiger partial charge in [0, 0.05) is 11.9 Å². The largest absolute Gasteiger partial charge is 0.506 e. The molecule has 2 aromatic heterocycles. The molecule has 0 saturated carbocycles. The number of para-hydroxylation sites is 1.